The van der Waals surface area contributed by atoms with Crippen LogP contribution in [0, 0.1) is 0 Å². The highest BCUT2D eigenvalue weighted by atomic mass is 15.1. The van der Waals surface area contributed by atoms with Crippen LogP contribution in [0.5, 0.6) is 0 Å². The molecule has 1 aromatic carbocycles. The van der Waals surface area contributed by atoms with Gasteiger partial charge in [0.05, 0.1) is 0 Å². The van der Waals surface area contributed by atoms with Crippen molar-refractivity contribution in [2.45, 2.75) is 58.5 Å². The molecule has 0 aliphatic rings. The van der Waals surface area contributed by atoms with Crippen LogP contribution in [0.2, 0.25) is 0 Å². The van der Waals surface area contributed by atoms with Gasteiger partial charge in [0.1, 0.15) is 0 Å². The molecule has 19 heavy (non-hydrogen) atoms. The van der Waals surface area contributed by atoms with Crippen LogP contribution in [0.25, 0.3) is 0 Å². The molecule has 0 aromatic heterocycles. The molecule has 0 aliphatic heterocycles. The van der Waals surface area contributed by atoms with Gasteiger partial charge in [-0.25, -0.2) is 0 Å². The maximum Gasteiger partial charge on any atom is 0.0236 e. The van der Waals surface area contributed by atoms with Gasteiger partial charge in [-0.15, -0.1) is 0 Å². The van der Waals surface area contributed by atoms with Crippen LogP contribution >= 0.6 is 0 Å². The Kier molecular flexibility index (Phi) is 8.52. The molecule has 0 fully saturated rings. The second-order valence-corrected chi connectivity index (χ2v) is 5.33. The van der Waals surface area contributed by atoms with E-state index in [1.165, 1.54) is 31.2 Å². The zero-order chi connectivity index (χ0) is 13.9. The molecule has 0 aliphatic carbocycles. The van der Waals surface area contributed by atoms with Crippen molar-refractivity contribution in [3.63, 3.8) is 0 Å². The molecule has 0 unspecified atom stereocenters. The van der Waals surface area contributed by atoms with Crippen molar-refractivity contribution in [2.24, 2.45) is 5.73 Å². The van der Waals surface area contributed by atoms with Gasteiger partial charge in [-0.2, -0.15) is 0 Å². The van der Waals surface area contributed by atoms with Gasteiger partial charge in [0.2, 0.25) is 0 Å². The summed E-state index contributed by atoms with van der Waals surface area (Å²) in [5.41, 5.74) is 7.11. The molecule has 0 amide bonds. The topological polar surface area (TPSA) is 29.3 Å². The first-order chi connectivity index (χ1) is 9.31. The molecule has 108 valence electrons. The van der Waals surface area contributed by atoms with Crippen molar-refractivity contribution >= 4 is 0 Å². The largest absolute Gasteiger partial charge is 0.330 e. The maximum atomic E-state index is 5.69. The van der Waals surface area contributed by atoms with Gasteiger partial charge in [0.15, 0.2) is 0 Å². The summed E-state index contributed by atoms with van der Waals surface area (Å²) < 4.78 is 0. The average Bonchev–Trinajstić information content (AvgIpc) is 2.44. The zero-order valence-corrected chi connectivity index (χ0v) is 12.6. The molecule has 0 saturated heterocycles. The highest BCUT2D eigenvalue weighted by Gasteiger charge is 2.16. The van der Waals surface area contributed by atoms with Gasteiger partial charge in [-0.05, 0) is 37.9 Å². The highest BCUT2D eigenvalue weighted by Crippen LogP contribution is 2.17. The molecular weight excluding hydrogens is 232 g/mol. The van der Waals surface area contributed by atoms with Gasteiger partial charge < -0.3 is 5.73 Å². The third kappa shape index (κ3) is 6.22. The van der Waals surface area contributed by atoms with E-state index >= 15 is 0 Å². The van der Waals surface area contributed by atoms with Crippen LogP contribution in [-0.4, -0.2) is 24.0 Å². The zero-order valence-electron chi connectivity index (χ0n) is 12.6. The first-order valence-corrected chi connectivity index (χ1v) is 7.79. The smallest absolute Gasteiger partial charge is 0.0236 e. The number of nitrogens with two attached hydrogens (primary N) is 1. The van der Waals surface area contributed by atoms with Gasteiger partial charge in [-0.1, -0.05) is 57.0 Å². The van der Waals surface area contributed by atoms with E-state index in [9.17, 15) is 0 Å². The van der Waals surface area contributed by atoms with Gasteiger partial charge in [0.25, 0.3) is 0 Å². The summed E-state index contributed by atoms with van der Waals surface area (Å²) in [6.45, 7) is 7.54. The third-order valence-corrected chi connectivity index (χ3v) is 3.64. The van der Waals surface area contributed by atoms with Gasteiger partial charge >= 0.3 is 0 Å². The monoisotopic (exact) mass is 262 g/mol. The van der Waals surface area contributed by atoms with Gasteiger partial charge in [-0.3, -0.25) is 4.90 Å². The van der Waals surface area contributed by atoms with Crippen LogP contribution in [0.1, 0.15) is 51.5 Å². The molecule has 0 spiro atoms. The summed E-state index contributed by atoms with van der Waals surface area (Å²) in [4.78, 5) is 2.63. The minimum Gasteiger partial charge on any atom is -0.330 e. The Morgan fingerprint density at radius 1 is 1.05 bits per heavy atom. The van der Waals surface area contributed by atoms with Crippen LogP contribution in [0.3, 0.4) is 0 Å². The quantitative estimate of drug-likeness (QED) is 0.695. The Balaban J connectivity index is 2.67. The van der Waals surface area contributed by atoms with Crippen LogP contribution < -0.4 is 5.73 Å². The van der Waals surface area contributed by atoms with E-state index in [1.54, 1.807) is 0 Å². The summed E-state index contributed by atoms with van der Waals surface area (Å²) in [6.07, 6.45) is 6.21. The lowest BCUT2D eigenvalue weighted by molar-refractivity contribution is 0.165. The van der Waals surface area contributed by atoms with Crippen LogP contribution in [0.4, 0.5) is 0 Å². The minimum atomic E-state index is 0.710. The molecule has 2 heteroatoms. The molecular formula is C17H30N2. The summed E-state index contributed by atoms with van der Waals surface area (Å²) in [6, 6.07) is 11.5. The fourth-order valence-electron chi connectivity index (χ4n) is 2.68. The van der Waals surface area contributed by atoms with E-state index in [2.05, 4.69) is 49.1 Å². The molecule has 0 saturated carbocycles. The fourth-order valence-corrected chi connectivity index (χ4v) is 2.68. The molecule has 0 radical (unpaired) electrons. The third-order valence-electron chi connectivity index (χ3n) is 3.64. The van der Waals surface area contributed by atoms with Crippen molar-refractivity contribution in [1.29, 1.82) is 0 Å². The van der Waals surface area contributed by atoms with Crippen LogP contribution in [-0.2, 0) is 6.54 Å². The van der Waals surface area contributed by atoms with E-state index in [0.29, 0.717) is 6.04 Å². The molecule has 1 aromatic rings. The highest BCUT2D eigenvalue weighted by molar-refractivity contribution is 5.14. The SMILES string of the molecule is CCCC(CCC)N(CCCN)Cc1ccccc1. The Labute approximate surface area is 119 Å². The van der Waals surface area contributed by atoms with E-state index in [-0.39, 0.29) is 0 Å². The van der Waals surface area contributed by atoms with Crippen molar-refractivity contribution in [1.82, 2.24) is 4.90 Å². The second-order valence-electron chi connectivity index (χ2n) is 5.33. The lowest BCUT2D eigenvalue weighted by atomic mass is 10.0. The van der Waals surface area contributed by atoms with Gasteiger partial charge in [0, 0.05) is 12.6 Å². The van der Waals surface area contributed by atoms with Crippen molar-refractivity contribution in [2.75, 3.05) is 13.1 Å². The second kappa shape index (κ2) is 9.99. The van der Waals surface area contributed by atoms with Crippen molar-refractivity contribution in [3.05, 3.63) is 35.9 Å². The first kappa shape index (κ1) is 16.2. The summed E-state index contributed by atoms with van der Waals surface area (Å²) in [7, 11) is 0. The lowest BCUT2D eigenvalue weighted by Gasteiger charge is -2.31. The van der Waals surface area contributed by atoms with Crippen LogP contribution in [0.15, 0.2) is 30.3 Å². The lowest BCUT2D eigenvalue weighted by Crippen LogP contribution is -2.36. The summed E-state index contributed by atoms with van der Waals surface area (Å²) in [5, 5.41) is 0. The Morgan fingerprint density at radius 3 is 2.21 bits per heavy atom. The summed E-state index contributed by atoms with van der Waals surface area (Å²) in [5.74, 6) is 0. The Hall–Kier alpha value is -0.860. The fraction of sp³-hybridized carbons (Fsp3) is 0.647. The Morgan fingerprint density at radius 2 is 1.68 bits per heavy atom. The molecule has 0 bridgehead atoms. The van der Waals surface area contributed by atoms with E-state index < -0.39 is 0 Å². The molecule has 0 heterocycles. The van der Waals surface area contributed by atoms with E-state index in [4.69, 9.17) is 5.73 Å². The van der Waals surface area contributed by atoms with Crippen molar-refractivity contribution < 1.29 is 0 Å². The molecule has 0 atom stereocenters. The Bertz CT molecular complexity index is 304. The predicted octanol–water partition coefficient (Wildman–Crippen LogP) is 3.81. The van der Waals surface area contributed by atoms with Crippen molar-refractivity contribution in [3.8, 4) is 0 Å². The van der Waals surface area contributed by atoms with E-state index in [0.717, 1.165) is 26.1 Å². The normalized spacial score (nSPS) is 11.4. The maximum absolute atomic E-state index is 5.69. The number of rotatable bonds is 10. The minimum absolute atomic E-state index is 0.710. The predicted molar refractivity (Wildman–Crippen MR) is 84.1 cm³/mol. The molecule has 1 rings (SSSR count). The standard InChI is InChI=1S/C17H30N2/c1-3-9-17(10-4-2)19(14-8-13-18)15-16-11-6-5-7-12-16/h5-7,11-12,17H,3-4,8-10,13-15,18H2,1-2H3. The number of nitrogens with zero attached hydrogens (tertiary/aromatic N) is 1. The van der Waals surface area contributed by atoms with E-state index in [1.807, 2.05) is 0 Å². The number of hydrogen-bond acceptors (Lipinski definition) is 2. The molecule has 2 N–H and O–H groups in total. The first-order valence-electron chi connectivity index (χ1n) is 7.79. The summed E-state index contributed by atoms with van der Waals surface area (Å²) >= 11 is 0. The molecule has 2 nitrogen and oxygen atoms in total. The number of benzene rings is 1. The average molecular weight is 262 g/mol. The number of hydrogen-bond donors (Lipinski definition) is 1.